The van der Waals surface area contributed by atoms with Crippen molar-refractivity contribution in [3.8, 4) is 28.2 Å². The molecule has 0 N–H and O–H groups in total. The third-order valence-corrected chi connectivity index (χ3v) is 7.07. The summed E-state index contributed by atoms with van der Waals surface area (Å²) in [6, 6.07) is 17.7. The Bertz CT molecular complexity index is 1380. The summed E-state index contributed by atoms with van der Waals surface area (Å²) >= 11 is 7.54. The molecule has 4 heterocycles. The molecule has 1 fully saturated rings. The summed E-state index contributed by atoms with van der Waals surface area (Å²) in [5.41, 5.74) is 1.50. The summed E-state index contributed by atoms with van der Waals surface area (Å²) in [6.45, 7) is 3.92. The van der Waals surface area contributed by atoms with Gasteiger partial charge in [-0.15, -0.1) is 16.4 Å². The lowest BCUT2D eigenvalue weighted by Gasteiger charge is -2.35. The van der Waals surface area contributed by atoms with Gasteiger partial charge in [-0.05, 0) is 47.9 Å². The van der Waals surface area contributed by atoms with Gasteiger partial charge in [-0.2, -0.15) is 5.26 Å². The Labute approximate surface area is 206 Å². The average molecular weight is 490 g/mol. The van der Waals surface area contributed by atoms with Crippen LogP contribution in [0.15, 0.2) is 60.1 Å². The van der Waals surface area contributed by atoms with Gasteiger partial charge in [0.1, 0.15) is 11.6 Å². The number of hydrogen-bond donors (Lipinski definition) is 0. The van der Waals surface area contributed by atoms with Gasteiger partial charge in [0.05, 0.1) is 36.0 Å². The first-order valence-electron chi connectivity index (χ1n) is 10.9. The molecular formula is C24H23N7OS2. The normalized spacial score (nSPS) is 14.2. The Balaban J connectivity index is 1.40. The number of methoxy groups -OCH3 is 1. The van der Waals surface area contributed by atoms with Gasteiger partial charge in [0.25, 0.3) is 0 Å². The molecule has 3 aromatic heterocycles. The molecule has 10 heteroatoms. The summed E-state index contributed by atoms with van der Waals surface area (Å²) in [5, 5.41) is 16.1. The number of anilines is 1. The van der Waals surface area contributed by atoms with Crippen LogP contribution in [0.2, 0.25) is 0 Å². The number of thiophene rings is 1. The van der Waals surface area contributed by atoms with E-state index in [1.54, 1.807) is 30.7 Å². The van der Waals surface area contributed by atoms with Crippen LogP contribution in [-0.2, 0) is 6.67 Å². The summed E-state index contributed by atoms with van der Waals surface area (Å²) < 4.78 is 10.1. The van der Waals surface area contributed by atoms with Gasteiger partial charge < -0.3 is 9.64 Å². The second-order valence-electron chi connectivity index (χ2n) is 7.85. The van der Waals surface area contributed by atoms with E-state index in [0.717, 1.165) is 54.1 Å². The van der Waals surface area contributed by atoms with E-state index in [9.17, 15) is 0 Å². The van der Waals surface area contributed by atoms with E-state index >= 15 is 0 Å². The summed E-state index contributed by atoms with van der Waals surface area (Å²) in [5.74, 6) is 2.40. The molecule has 0 unspecified atom stereocenters. The molecule has 172 valence electrons. The van der Waals surface area contributed by atoms with Gasteiger partial charge in [-0.25, -0.2) is 9.67 Å². The smallest absolute Gasteiger partial charge is 0.204 e. The van der Waals surface area contributed by atoms with Crippen LogP contribution in [0.4, 0.5) is 5.82 Å². The zero-order valence-electron chi connectivity index (χ0n) is 18.7. The Morgan fingerprint density at radius 1 is 1.12 bits per heavy atom. The Morgan fingerprint density at radius 2 is 1.94 bits per heavy atom. The van der Waals surface area contributed by atoms with Crippen molar-refractivity contribution in [1.82, 2.24) is 24.2 Å². The number of piperazine rings is 1. The number of nitrogens with zero attached hydrogens (tertiary/aromatic N) is 7. The zero-order valence-corrected chi connectivity index (χ0v) is 20.3. The van der Waals surface area contributed by atoms with Crippen molar-refractivity contribution in [2.24, 2.45) is 0 Å². The van der Waals surface area contributed by atoms with Gasteiger partial charge in [-0.1, -0.05) is 18.2 Å². The number of pyridine rings is 1. The van der Waals surface area contributed by atoms with Gasteiger partial charge >= 0.3 is 0 Å². The van der Waals surface area contributed by atoms with Gasteiger partial charge in [0, 0.05) is 32.4 Å². The molecule has 1 saturated heterocycles. The highest BCUT2D eigenvalue weighted by molar-refractivity contribution is 7.71. The molecule has 0 amide bonds. The Hall–Kier alpha value is -3.52. The molecule has 4 aromatic rings. The molecule has 1 aliphatic heterocycles. The molecule has 1 aromatic carbocycles. The van der Waals surface area contributed by atoms with Crippen LogP contribution in [0.5, 0.6) is 5.75 Å². The maximum absolute atomic E-state index is 9.17. The van der Waals surface area contributed by atoms with Crippen LogP contribution in [-0.4, -0.2) is 57.5 Å². The van der Waals surface area contributed by atoms with Crippen LogP contribution in [0.3, 0.4) is 0 Å². The lowest BCUT2D eigenvalue weighted by atomic mass is 10.2. The minimum absolute atomic E-state index is 0.596. The van der Waals surface area contributed by atoms with Crippen molar-refractivity contribution in [3.05, 3.63) is 70.4 Å². The fraction of sp³-hybridized carbons (Fsp3) is 0.250. The number of ether oxygens (including phenoxy) is 1. The largest absolute Gasteiger partial charge is 0.495 e. The van der Waals surface area contributed by atoms with Gasteiger partial charge in [0.15, 0.2) is 5.82 Å². The maximum atomic E-state index is 9.17. The van der Waals surface area contributed by atoms with E-state index in [0.29, 0.717) is 17.0 Å². The molecule has 34 heavy (non-hydrogen) atoms. The van der Waals surface area contributed by atoms with E-state index in [-0.39, 0.29) is 0 Å². The minimum Gasteiger partial charge on any atom is -0.495 e. The number of aromatic nitrogens is 4. The van der Waals surface area contributed by atoms with Crippen LogP contribution in [0.1, 0.15) is 5.56 Å². The SMILES string of the molecule is COc1ccccc1-n1c(-c2cccs2)nn(CN2CCN(c3cc(C#N)ccn3)CC2)c1=S. The summed E-state index contributed by atoms with van der Waals surface area (Å²) in [4.78, 5) is 10.0. The maximum Gasteiger partial charge on any atom is 0.204 e. The van der Waals surface area contributed by atoms with Crippen LogP contribution in [0.25, 0.3) is 16.4 Å². The lowest BCUT2D eigenvalue weighted by Crippen LogP contribution is -2.47. The highest BCUT2D eigenvalue weighted by atomic mass is 32.1. The van der Waals surface area contributed by atoms with Crippen molar-refractivity contribution < 1.29 is 4.74 Å². The molecule has 0 radical (unpaired) electrons. The quantitative estimate of drug-likeness (QED) is 0.376. The van der Waals surface area contributed by atoms with Crippen LogP contribution < -0.4 is 9.64 Å². The van der Waals surface area contributed by atoms with Crippen molar-refractivity contribution in [1.29, 1.82) is 5.26 Å². The number of nitriles is 1. The molecule has 5 rings (SSSR count). The number of hydrogen-bond acceptors (Lipinski definition) is 8. The molecule has 0 aliphatic carbocycles. The average Bonchev–Trinajstić information content (AvgIpc) is 3.53. The first-order valence-corrected chi connectivity index (χ1v) is 12.2. The fourth-order valence-corrected chi connectivity index (χ4v) is 5.05. The predicted molar refractivity (Wildman–Crippen MR) is 135 cm³/mol. The van der Waals surface area contributed by atoms with E-state index in [2.05, 4.69) is 26.9 Å². The van der Waals surface area contributed by atoms with Gasteiger partial charge in [-0.3, -0.25) is 9.47 Å². The third-order valence-electron chi connectivity index (χ3n) is 5.81. The second-order valence-corrected chi connectivity index (χ2v) is 9.16. The lowest BCUT2D eigenvalue weighted by molar-refractivity contribution is 0.194. The van der Waals surface area contributed by atoms with Crippen molar-refractivity contribution in [2.45, 2.75) is 6.67 Å². The summed E-state index contributed by atoms with van der Waals surface area (Å²) in [6.07, 6.45) is 1.69. The summed E-state index contributed by atoms with van der Waals surface area (Å²) in [7, 11) is 1.67. The fourth-order valence-electron chi connectivity index (χ4n) is 4.07. The standard InChI is InChI=1S/C24H23N7OS2/c1-32-20-6-3-2-5-19(20)31-23(21-7-4-14-34-21)27-30(24(31)33)17-28-10-12-29(13-11-28)22-15-18(16-25)8-9-26-22/h2-9,14-15H,10-13,17H2,1H3. The predicted octanol–water partition coefficient (Wildman–Crippen LogP) is 4.19. The molecule has 1 aliphatic rings. The van der Waals surface area contributed by atoms with Crippen molar-refractivity contribution in [3.63, 3.8) is 0 Å². The van der Waals surface area contributed by atoms with Crippen molar-refractivity contribution >= 4 is 29.4 Å². The van der Waals surface area contributed by atoms with E-state index in [1.165, 1.54) is 0 Å². The first-order chi connectivity index (χ1) is 16.7. The minimum atomic E-state index is 0.596. The van der Waals surface area contributed by atoms with E-state index in [1.807, 2.05) is 51.0 Å². The first kappa shape index (κ1) is 22.3. The van der Waals surface area contributed by atoms with E-state index < -0.39 is 0 Å². The Kier molecular flexibility index (Phi) is 6.40. The van der Waals surface area contributed by atoms with E-state index in [4.69, 9.17) is 27.3 Å². The highest BCUT2D eigenvalue weighted by Crippen LogP contribution is 2.31. The Morgan fingerprint density at radius 3 is 2.68 bits per heavy atom. The third kappa shape index (κ3) is 4.33. The van der Waals surface area contributed by atoms with Crippen LogP contribution >= 0.6 is 23.6 Å². The molecule has 0 atom stereocenters. The number of benzene rings is 1. The monoisotopic (exact) mass is 489 g/mol. The second kappa shape index (κ2) is 9.77. The zero-order chi connectivity index (χ0) is 23.5. The molecule has 0 spiro atoms. The molecular weight excluding hydrogens is 466 g/mol. The number of para-hydroxylation sites is 2. The number of rotatable bonds is 6. The van der Waals surface area contributed by atoms with Crippen LogP contribution in [0, 0.1) is 16.1 Å². The molecule has 8 nitrogen and oxygen atoms in total. The van der Waals surface area contributed by atoms with Gasteiger partial charge in [0.2, 0.25) is 4.77 Å². The molecule has 0 bridgehead atoms. The topological polar surface area (TPSA) is 75.1 Å². The van der Waals surface area contributed by atoms with Crippen molar-refractivity contribution in [2.75, 3.05) is 38.2 Å². The molecule has 0 saturated carbocycles. The highest BCUT2D eigenvalue weighted by Gasteiger charge is 2.22.